The molecule has 128 valence electrons. The van der Waals surface area contributed by atoms with Crippen LogP contribution in [0.1, 0.15) is 40.0 Å². The number of nitrogens with two attached hydrogens (primary N) is 1. The number of hydrogen-bond acceptors (Lipinski definition) is 5. The van der Waals surface area contributed by atoms with Crippen LogP contribution in [0.25, 0.3) is 0 Å². The maximum atomic E-state index is 11.8. The summed E-state index contributed by atoms with van der Waals surface area (Å²) in [6.45, 7) is 6.20. The Bertz CT molecular complexity index is 390. The van der Waals surface area contributed by atoms with E-state index < -0.39 is 30.4 Å². The molecule has 0 saturated heterocycles. The zero-order valence-corrected chi connectivity index (χ0v) is 13.5. The number of aliphatic hydroxyl groups excluding tert-OH is 1. The van der Waals surface area contributed by atoms with Crippen LogP contribution >= 0.6 is 0 Å². The van der Waals surface area contributed by atoms with Crippen LogP contribution in [0.3, 0.4) is 0 Å². The maximum absolute atomic E-state index is 11.8. The van der Waals surface area contributed by atoms with Crippen molar-refractivity contribution in [3.63, 3.8) is 0 Å². The maximum Gasteiger partial charge on any atom is 0.305 e. The van der Waals surface area contributed by atoms with Crippen LogP contribution in [-0.4, -0.2) is 53.5 Å². The van der Waals surface area contributed by atoms with Crippen LogP contribution in [0.5, 0.6) is 0 Å². The van der Waals surface area contributed by atoms with Gasteiger partial charge in [0.15, 0.2) is 0 Å². The lowest BCUT2D eigenvalue weighted by molar-refractivity contribution is -0.139. The Balaban J connectivity index is 2.47. The fourth-order valence-corrected chi connectivity index (χ4v) is 2.44. The highest BCUT2D eigenvalue weighted by molar-refractivity contribution is 5.86. The first kappa shape index (κ1) is 18.9. The highest BCUT2D eigenvalue weighted by Crippen LogP contribution is 2.42. The van der Waals surface area contributed by atoms with E-state index in [1.807, 2.05) is 0 Å². The molecule has 5 N–H and O–H groups in total. The van der Waals surface area contributed by atoms with Gasteiger partial charge in [-0.2, -0.15) is 0 Å². The number of nitrogens with one attached hydrogen (secondary N) is 1. The molecule has 22 heavy (non-hydrogen) atoms. The largest absolute Gasteiger partial charge is 0.481 e. The van der Waals surface area contributed by atoms with E-state index in [0.717, 1.165) is 12.8 Å². The molecular weight excluding hydrogens is 288 g/mol. The quantitative estimate of drug-likeness (QED) is 0.479. The molecule has 0 radical (unpaired) electrons. The number of ether oxygens (including phenoxy) is 1. The molecule has 1 rings (SSSR count). The van der Waals surface area contributed by atoms with Crippen molar-refractivity contribution in [2.24, 2.45) is 17.1 Å². The lowest BCUT2D eigenvalue weighted by Crippen LogP contribution is -2.50. The smallest absolute Gasteiger partial charge is 0.305 e. The SMILES string of the molecule is CC(C)(C)C(OCC(CO)NC(=O)[C@@H](N)CC(=O)O)C1CC1. The minimum atomic E-state index is -1.14. The zero-order chi connectivity index (χ0) is 16.9. The number of aliphatic hydroxyl groups is 1. The van der Waals surface area contributed by atoms with Gasteiger partial charge in [-0.1, -0.05) is 20.8 Å². The monoisotopic (exact) mass is 316 g/mol. The first-order valence-electron chi connectivity index (χ1n) is 7.65. The van der Waals surface area contributed by atoms with Crippen molar-refractivity contribution in [2.45, 2.75) is 58.2 Å². The average Bonchev–Trinajstić information content (AvgIpc) is 3.19. The molecule has 3 atom stereocenters. The summed E-state index contributed by atoms with van der Waals surface area (Å²) >= 11 is 0. The van der Waals surface area contributed by atoms with E-state index in [1.165, 1.54) is 0 Å². The summed E-state index contributed by atoms with van der Waals surface area (Å²) in [5.41, 5.74) is 5.48. The Morgan fingerprint density at radius 2 is 1.95 bits per heavy atom. The van der Waals surface area contributed by atoms with Gasteiger partial charge in [0.05, 0.1) is 37.8 Å². The first-order chi connectivity index (χ1) is 10.1. The van der Waals surface area contributed by atoms with E-state index in [9.17, 15) is 14.7 Å². The van der Waals surface area contributed by atoms with Gasteiger partial charge in [-0.15, -0.1) is 0 Å². The van der Waals surface area contributed by atoms with Crippen LogP contribution in [-0.2, 0) is 14.3 Å². The number of carboxylic acid groups (broad SMARTS) is 1. The molecule has 0 aromatic carbocycles. The van der Waals surface area contributed by atoms with Gasteiger partial charge in [-0.3, -0.25) is 9.59 Å². The molecule has 0 spiro atoms. The van der Waals surface area contributed by atoms with Gasteiger partial charge in [0.25, 0.3) is 0 Å². The lowest BCUT2D eigenvalue weighted by atomic mass is 9.86. The molecule has 0 aromatic heterocycles. The normalized spacial score (nSPS) is 19.3. The van der Waals surface area contributed by atoms with E-state index in [-0.39, 0.29) is 24.7 Å². The van der Waals surface area contributed by atoms with Crippen molar-refractivity contribution in [1.29, 1.82) is 0 Å². The molecule has 0 aromatic rings. The number of amides is 1. The van der Waals surface area contributed by atoms with Gasteiger partial charge in [0, 0.05) is 0 Å². The van der Waals surface area contributed by atoms with Gasteiger partial charge >= 0.3 is 5.97 Å². The summed E-state index contributed by atoms with van der Waals surface area (Å²) in [5.74, 6) is -1.20. The van der Waals surface area contributed by atoms with Crippen molar-refractivity contribution in [2.75, 3.05) is 13.2 Å². The standard InChI is InChI=1S/C15H28N2O5/c1-15(2,3)13(9-4-5-9)22-8-10(7-18)17-14(21)11(16)6-12(19)20/h9-11,13,18H,4-8,16H2,1-3H3,(H,17,21)(H,19,20)/t10?,11-,13?/m0/s1. The molecule has 1 amide bonds. The van der Waals surface area contributed by atoms with Crippen LogP contribution in [0.4, 0.5) is 0 Å². The van der Waals surface area contributed by atoms with Gasteiger partial charge < -0.3 is 26.0 Å². The summed E-state index contributed by atoms with van der Waals surface area (Å²) in [6.07, 6.45) is 1.91. The zero-order valence-electron chi connectivity index (χ0n) is 13.5. The van der Waals surface area contributed by atoms with Crippen LogP contribution in [0.15, 0.2) is 0 Å². The molecule has 2 unspecified atom stereocenters. The summed E-state index contributed by atoms with van der Waals surface area (Å²) < 4.78 is 5.91. The second-order valence-electron chi connectivity index (χ2n) is 7.05. The van der Waals surface area contributed by atoms with Crippen LogP contribution in [0, 0.1) is 11.3 Å². The van der Waals surface area contributed by atoms with E-state index in [4.69, 9.17) is 15.6 Å². The Morgan fingerprint density at radius 3 is 2.36 bits per heavy atom. The molecule has 0 aliphatic heterocycles. The summed E-state index contributed by atoms with van der Waals surface area (Å²) in [6, 6.07) is -1.72. The third kappa shape index (κ3) is 6.29. The van der Waals surface area contributed by atoms with Crippen LogP contribution in [0.2, 0.25) is 0 Å². The summed E-state index contributed by atoms with van der Waals surface area (Å²) in [4.78, 5) is 22.3. The topological polar surface area (TPSA) is 122 Å². The third-order valence-corrected chi connectivity index (χ3v) is 3.68. The predicted octanol–water partition coefficient (Wildman–Crippen LogP) is 0.107. The fraction of sp³-hybridized carbons (Fsp3) is 0.867. The van der Waals surface area contributed by atoms with E-state index >= 15 is 0 Å². The second-order valence-corrected chi connectivity index (χ2v) is 7.05. The first-order valence-corrected chi connectivity index (χ1v) is 7.65. The molecule has 7 nitrogen and oxygen atoms in total. The number of aliphatic carboxylic acids is 1. The van der Waals surface area contributed by atoms with Gasteiger partial charge in [-0.05, 0) is 24.2 Å². The second kappa shape index (κ2) is 7.89. The molecular formula is C15H28N2O5. The molecule has 0 bridgehead atoms. The highest BCUT2D eigenvalue weighted by Gasteiger charge is 2.39. The van der Waals surface area contributed by atoms with Gasteiger partial charge in [0.1, 0.15) is 0 Å². The number of rotatable bonds is 9. The average molecular weight is 316 g/mol. The Morgan fingerprint density at radius 1 is 1.36 bits per heavy atom. The third-order valence-electron chi connectivity index (χ3n) is 3.68. The van der Waals surface area contributed by atoms with Crippen molar-refractivity contribution in [3.8, 4) is 0 Å². The molecule has 1 aliphatic carbocycles. The highest BCUT2D eigenvalue weighted by atomic mass is 16.5. The molecule has 1 saturated carbocycles. The minimum Gasteiger partial charge on any atom is -0.481 e. The van der Waals surface area contributed by atoms with E-state index in [0.29, 0.717) is 5.92 Å². The summed E-state index contributed by atoms with van der Waals surface area (Å²) in [7, 11) is 0. The Kier molecular flexibility index (Phi) is 6.77. The number of carbonyl (C=O) groups is 2. The van der Waals surface area contributed by atoms with E-state index in [2.05, 4.69) is 26.1 Å². The van der Waals surface area contributed by atoms with E-state index in [1.54, 1.807) is 0 Å². The Hall–Kier alpha value is -1.18. The molecule has 1 fully saturated rings. The molecule has 7 heteroatoms. The molecule has 1 aliphatic rings. The van der Waals surface area contributed by atoms with Crippen molar-refractivity contribution in [3.05, 3.63) is 0 Å². The van der Waals surface area contributed by atoms with Gasteiger partial charge in [0.2, 0.25) is 5.91 Å². The number of carboxylic acids is 1. The van der Waals surface area contributed by atoms with Crippen molar-refractivity contribution >= 4 is 11.9 Å². The fourth-order valence-electron chi connectivity index (χ4n) is 2.44. The van der Waals surface area contributed by atoms with Gasteiger partial charge in [-0.25, -0.2) is 0 Å². The molecule has 0 heterocycles. The minimum absolute atomic E-state index is 0.00904. The van der Waals surface area contributed by atoms with Crippen molar-refractivity contribution in [1.82, 2.24) is 5.32 Å². The number of carbonyl (C=O) groups excluding carboxylic acids is 1. The predicted molar refractivity (Wildman–Crippen MR) is 81.2 cm³/mol. The Labute approximate surface area is 131 Å². The number of hydrogen-bond donors (Lipinski definition) is 4. The lowest BCUT2D eigenvalue weighted by Gasteiger charge is -2.32. The van der Waals surface area contributed by atoms with Crippen molar-refractivity contribution < 1.29 is 24.5 Å². The summed E-state index contributed by atoms with van der Waals surface area (Å²) in [5, 5.41) is 20.5. The van der Waals surface area contributed by atoms with Crippen LogP contribution < -0.4 is 11.1 Å².